The molecule has 0 aromatic heterocycles. The first-order valence-electron chi connectivity index (χ1n) is 11.7. The van der Waals surface area contributed by atoms with Gasteiger partial charge in [-0.3, -0.25) is 4.79 Å². The van der Waals surface area contributed by atoms with Gasteiger partial charge >= 0.3 is 0 Å². The van der Waals surface area contributed by atoms with Crippen molar-refractivity contribution in [2.75, 3.05) is 13.2 Å². The predicted molar refractivity (Wildman–Crippen MR) is 131 cm³/mol. The molecule has 1 amide bonds. The van der Waals surface area contributed by atoms with E-state index in [1.807, 2.05) is 19.1 Å². The van der Waals surface area contributed by atoms with Crippen molar-refractivity contribution in [1.29, 1.82) is 0 Å². The molecule has 180 valence electrons. The van der Waals surface area contributed by atoms with Gasteiger partial charge in [-0.15, -0.1) is 0 Å². The summed E-state index contributed by atoms with van der Waals surface area (Å²) in [4.78, 5) is 12.5. The van der Waals surface area contributed by atoms with E-state index in [4.69, 9.17) is 4.74 Å². The van der Waals surface area contributed by atoms with Gasteiger partial charge in [0.15, 0.2) is 6.61 Å². The fourth-order valence-corrected chi connectivity index (χ4v) is 5.37. The minimum atomic E-state index is -3.48. The van der Waals surface area contributed by atoms with Gasteiger partial charge in [-0.1, -0.05) is 63.4 Å². The van der Waals surface area contributed by atoms with Gasteiger partial charge in [0.25, 0.3) is 5.91 Å². The molecule has 1 fully saturated rings. The van der Waals surface area contributed by atoms with Crippen molar-refractivity contribution in [3.8, 4) is 5.75 Å². The lowest BCUT2D eigenvalue weighted by atomic mass is 9.85. The Balaban J connectivity index is 1.46. The van der Waals surface area contributed by atoms with Crippen LogP contribution in [0, 0.1) is 6.92 Å². The van der Waals surface area contributed by atoms with E-state index in [0.717, 1.165) is 48.1 Å². The minimum Gasteiger partial charge on any atom is -0.483 e. The van der Waals surface area contributed by atoms with Gasteiger partial charge in [0, 0.05) is 12.6 Å². The third-order valence-corrected chi connectivity index (χ3v) is 7.48. The van der Waals surface area contributed by atoms with E-state index in [-0.39, 0.29) is 28.9 Å². The highest BCUT2D eigenvalue weighted by Gasteiger charge is 2.23. The molecule has 3 rings (SSSR count). The van der Waals surface area contributed by atoms with Crippen molar-refractivity contribution in [2.45, 2.75) is 76.2 Å². The number of ether oxygens (including phenoxy) is 1. The Kier molecular flexibility index (Phi) is 8.19. The lowest BCUT2D eigenvalue weighted by Gasteiger charge is -2.23. The second-order valence-corrected chi connectivity index (χ2v) is 11.6. The topological polar surface area (TPSA) is 84.5 Å². The molecule has 1 aliphatic rings. The molecule has 0 radical (unpaired) electrons. The van der Waals surface area contributed by atoms with E-state index in [1.165, 1.54) is 0 Å². The summed E-state index contributed by atoms with van der Waals surface area (Å²) in [5.41, 5.74) is 3.12. The third kappa shape index (κ3) is 7.30. The summed E-state index contributed by atoms with van der Waals surface area (Å²) in [7, 11) is -3.48. The highest BCUT2D eigenvalue weighted by Crippen LogP contribution is 2.32. The maximum Gasteiger partial charge on any atom is 0.257 e. The van der Waals surface area contributed by atoms with Gasteiger partial charge in [-0.05, 0) is 60.9 Å². The first-order chi connectivity index (χ1) is 15.5. The van der Waals surface area contributed by atoms with E-state index in [1.54, 1.807) is 24.3 Å². The van der Waals surface area contributed by atoms with E-state index >= 15 is 0 Å². The van der Waals surface area contributed by atoms with Crippen LogP contribution in [-0.4, -0.2) is 33.5 Å². The SMILES string of the molecule is Cc1ccc(OCC(=O)NCCc2ccc(S(=O)(=O)NC3CCCC3)cc2)c(C(C)(C)C)c1. The molecule has 7 heteroatoms. The number of amides is 1. The highest BCUT2D eigenvalue weighted by atomic mass is 32.2. The summed E-state index contributed by atoms with van der Waals surface area (Å²) in [6, 6.07) is 12.9. The molecule has 1 saturated carbocycles. The molecular weight excluding hydrogens is 436 g/mol. The maximum atomic E-state index is 12.5. The zero-order valence-electron chi connectivity index (χ0n) is 20.1. The Hall–Kier alpha value is -2.38. The Labute approximate surface area is 198 Å². The molecule has 0 unspecified atom stereocenters. The van der Waals surface area contributed by atoms with Crippen LogP contribution in [0.15, 0.2) is 47.4 Å². The van der Waals surface area contributed by atoms with Crippen molar-refractivity contribution in [1.82, 2.24) is 10.0 Å². The van der Waals surface area contributed by atoms with Crippen LogP contribution in [-0.2, 0) is 26.7 Å². The van der Waals surface area contributed by atoms with E-state index in [0.29, 0.717) is 13.0 Å². The molecule has 1 aliphatic carbocycles. The molecule has 0 saturated heterocycles. The van der Waals surface area contributed by atoms with Crippen LogP contribution in [0.5, 0.6) is 5.75 Å². The molecule has 0 bridgehead atoms. The van der Waals surface area contributed by atoms with Gasteiger partial charge in [0.1, 0.15) is 5.75 Å². The van der Waals surface area contributed by atoms with Crippen molar-refractivity contribution < 1.29 is 17.9 Å². The van der Waals surface area contributed by atoms with Crippen molar-refractivity contribution in [2.24, 2.45) is 0 Å². The predicted octanol–water partition coefficient (Wildman–Crippen LogP) is 4.25. The standard InChI is InChI=1S/C26H36N2O4S/c1-19-9-14-24(23(17-19)26(2,3)4)32-18-25(29)27-16-15-20-10-12-22(13-11-20)33(30,31)28-21-7-5-6-8-21/h9-14,17,21,28H,5-8,15-16,18H2,1-4H3,(H,27,29). The highest BCUT2D eigenvalue weighted by molar-refractivity contribution is 7.89. The number of benzene rings is 2. The first kappa shape index (κ1) is 25.2. The average Bonchev–Trinajstić information content (AvgIpc) is 3.25. The zero-order chi connectivity index (χ0) is 24.1. The Morgan fingerprint density at radius 2 is 1.73 bits per heavy atom. The second kappa shape index (κ2) is 10.7. The number of rotatable bonds is 9. The monoisotopic (exact) mass is 472 g/mol. The van der Waals surface area contributed by atoms with Crippen LogP contribution in [0.2, 0.25) is 0 Å². The van der Waals surface area contributed by atoms with Crippen molar-refractivity contribution >= 4 is 15.9 Å². The maximum absolute atomic E-state index is 12.5. The molecule has 2 aromatic carbocycles. The number of hydrogen-bond donors (Lipinski definition) is 2. The lowest BCUT2D eigenvalue weighted by Crippen LogP contribution is -2.32. The molecule has 33 heavy (non-hydrogen) atoms. The van der Waals surface area contributed by atoms with Crippen LogP contribution >= 0.6 is 0 Å². The third-order valence-electron chi connectivity index (χ3n) is 5.95. The molecule has 2 N–H and O–H groups in total. The van der Waals surface area contributed by atoms with Gasteiger partial charge in [-0.25, -0.2) is 13.1 Å². The molecule has 0 spiro atoms. The van der Waals surface area contributed by atoms with E-state index in [9.17, 15) is 13.2 Å². The van der Waals surface area contributed by atoms with Gasteiger partial charge < -0.3 is 10.1 Å². The van der Waals surface area contributed by atoms with Crippen LogP contribution in [0.4, 0.5) is 0 Å². The molecule has 0 atom stereocenters. The summed E-state index contributed by atoms with van der Waals surface area (Å²) >= 11 is 0. The minimum absolute atomic E-state index is 0.0455. The Morgan fingerprint density at radius 1 is 1.06 bits per heavy atom. The Bertz CT molecular complexity index is 1050. The van der Waals surface area contributed by atoms with Gasteiger partial charge in [-0.2, -0.15) is 0 Å². The molecular formula is C26H36N2O4S. The molecule has 0 aliphatic heterocycles. The van der Waals surface area contributed by atoms with E-state index < -0.39 is 10.0 Å². The largest absolute Gasteiger partial charge is 0.483 e. The summed E-state index contributed by atoms with van der Waals surface area (Å²) in [5, 5.41) is 2.87. The number of sulfonamides is 1. The van der Waals surface area contributed by atoms with Crippen LogP contribution in [0.1, 0.15) is 63.1 Å². The quantitative estimate of drug-likeness (QED) is 0.571. The number of carbonyl (C=O) groups excluding carboxylic acids is 1. The van der Waals surface area contributed by atoms with Crippen LogP contribution in [0.25, 0.3) is 0 Å². The second-order valence-electron chi connectivity index (χ2n) is 9.88. The summed E-state index contributed by atoms with van der Waals surface area (Å²) in [6.07, 6.45) is 4.57. The molecule has 0 heterocycles. The van der Waals surface area contributed by atoms with Gasteiger partial charge in [0.2, 0.25) is 10.0 Å². The fraction of sp³-hybridized carbons (Fsp3) is 0.500. The summed E-state index contributed by atoms with van der Waals surface area (Å²) < 4.78 is 33.6. The van der Waals surface area contributed by atoms with E-state index in [2.05, 4.69) is 36.9 Å². The zero-order valence-corrected chi connectivity index (χ0v) is 20.9. The Morgan fingerprint density at radius 3 is 2.36 bits per heavy atom. The number of nitrogens with one attached hydrogen (secondary N) is 2. The fourth-order valence-electron chi connectivity index (χ4n) is 4.06. The smallest absolute Gasteiger partial charge is 0.257 e. The summed E-state index contributed by atoms with van der Waals surface area (Å²) in [5.74, 6) is 0.543. The number of hydrogen-bond acceptors (Lipinski definition) is 4. The number of carbonyl (C=O) groups is 1. The summed E-state index contributed by atoms with van der Waals surface area (Å²) in [6.45, 7) is 8.81. The number of aryl methyl sites for hydroxylation is 1. The normalized spacial score (nSPS) is 14.9. The van der Waals surface area contributed by atoms with Crippen molar-refractivity contribution in [3.63, 3.8) is 0 Å². The van der Waals surface area contributed by atoms with Crippen LogP contribution in [0.3, 0.4) is 0 Å². The molecule has 6 nitrogen and oxygen atoms in total. The molecule has 2 aromatic rings. The van der Waals surface area contributed by atoms with Crippen molar-refractivity contribution in [3.05, 3.63) is 59.2 Å². The first-order valence-corrected chi connectivity index (χ1v) is 13.1. The average molecular weight is 473 g/mol. The lowest BCUT2D eigenvalue weighted by molar-refractivity contribution is -0.123. The van der Waals surface area contributed by atoms with Crippen LogP contribution < -0.4 is 14.8 Å². The van der Waals surface area contributed by atoms with Gasteiger partial charge in [0.05, 0.1) is 4.90 Å².